The summed E-state index contributed by atoms with van der Waals surface area (Å²) in [7, 11) is 0. The van der Waals surface area contributed by atoms with Crippen LogP contribution in [0.1, 0.15) is 34.6 Å². The van der Waals surface area contributed by atoms with E-state index < -0.39 is 11.5 Å². The molecule has 1 aromatic rings. The Morgan fingerprint density at radius 2 is 1.95 bits per heavy atom. The van der Waals surface area contributed by atoms with Gasteiger partial charge in [-0.2, -0.15) is 0 Å². The second-order valence-electron chi connectivity index (χ2n) is 5.28. The summed E-state index contributed by atoms with van der Waals surface area (Å²) in [6.45, 7) is 5.42. The number of hydrogen-bond acceptors (Lipinski definition) is 2. The average molecular weight is 263 g/mol. The van der Waals surface area contributed by atoms with Crippen LogP contribution in [0, 0.1) is 5.41 Å². The van der Waals surface area contributed by atoms with E-state index in [4.69, 9.17) is 1.37 Å². The van der Waals surface area contributed by atoms with Crippen LogP contribution < -0.4 is 10.6 Å². The van der Waals surface area contributed by atoms with Gasteiger partial charge in [0.25, 0.3) is 0 Å². The molecular formula is C15H22N2O2. The van der Waals surface area contributed by atoms with Crippen molar-refractivity contribution in [3.05, 3.63) is 35.9 Å². The largest absolute Gasteiger partial charge is 0.350 e. The molecule has 0 bridgehead atoms. The fraction of sp³-hybridized carbons (Fsp3) is 0.467. The quantitative estimate of drug-likeness (QED) is 0.871. The van der Waals surface area contributed by atoms with Crippen molar-refractivity contribution in [1.82, 2.24) is 10.6 Å². The Labute approximate surface area is 116 Å². The SMILES string of the molecule is [2H]CC(C)(C)C(=O)N[C@@H](C)C(=O)NCc1ccccc1. The molecule has 0 fully saturated rings. The van der Waals surface area contributed by atoms with E-state index in [2.05, 4.69) is 10.6 Å². The normalized spacial score (nSPS) is 13.3. The van der Waals surface area contributed by atoms with Gasteiger partial charge in [-0.25, -0.2) is 0 Å². The first-order valence-electron chi connectivity index (χ1n) is 6.99. The summed E-state index contributed by atoms with van der Waals surface area (Å²) in [5.74, 6) is -0.516. The van der Waals surface area contributed by atoms with Crippen molar-refractivity contribution in [2.75, 3.05) is 0 Å². The molecule has 0 aliphatic rings. The van der Waals surface area contributed by atoms with Crippen LogP contribution in [0.15, 0.2) is 30.3 Å². The van der Waals surface area contributed by atoms with Gasteiger partial charge in [-0.3, -0.25) is 9.59 Å². The molecule has 0 aliphatic heterocycles. The highest BCUT2D eigenvalue weighted by Crippen LogP contribution is 2.12. The van der Waals surface area contributed by atoms with Gasteiger partial charge < -0.3 is 10.6 Å². The zero-order valence-electron chi connectivity index (χ0n) is 12.7. The molecule has 19 heavy (non-hydrogen) atoms. The molecule has 4 nitrogen and oxygen atoms in total. The molecule has 0 saturated carbocycles. The molecule has 0 radical (unpaired) electrons. The van der Waals surface area contributed by atoms with E-state index in [1.165, 1.54) is 0 Å². The van der Waals surface area contributed by atoms with Gasteiger partial charge in [0.05, 0.1) is 0 Å². The highest BCUT2D eigenvalue weighted by atomic mass is 16.2. The number of amides is 2. The molecule has 2 amide bonds. The Kier molecular flexibility index (Phi) is 4.55. The van der Waals surface area contributed by atoms with Crippen LogP contribution >= 0.6 is 0 Å². The van der Waals surface area contributed by atoms with Crippen LogP contribution in [-0.2, 0) is 16.1 Å². The predicted molar refractivity (Wildman–Crippen MR) is 75.3 cm³/mol. The molecule has 0 aromatic heterocycles. The minimum atomic E-state index is -0.784. The molecule has 1 aromatic carbocycles. The predicted octanol–water partition coefficient (Wildman–Crippen LogP) is 1.85. The van der Waals surface area contributed by atoms with Crippen molar-refractivity contribution in [3.8, 4) is 0 Å². The van der Waals surface area contributed by atoms with Gasteiger partial charge in [0.1, 0.15) is 6.04 Å². The van der Waals surface area contributed by atoms with Gasteiger partial charge in [-0.05, 0) is 12.5 Å². The fourth-order valence-electron chi connectivity index (χ4n) is 1.40. The van der Waals surface area contributed by atoms with Gasteiger partial charge >= 0.3 is 0 Å². The lowest BCUT2D eigenvalue weighted by atomic mass is 9.95. The molecule has 0 saturated heterocycles. The lowest BCUT2D eigenvalue weighted by Crippen LogP contribution is -2.48. The number of rotatable bonds is 4. The van der Waals surface area contributed by atoms with E-state index in [-0.39, 0.29) is 18.7 Å². The Balaban J connectivity index is 2.46. The third-order valence-corrected chi connectivity index (χ3v) is 2.67. The lowest BCUT2D eigenvalue weighted by Gasteiger charge is -2.21. The van der Waals surface area contributed by atoms with Crippen molar-refractivity contribution >= 4 is 11.8 Å². The molecule has 0 spiro atoms. The molecule has 4 heteroatoms. The minimum Gasteiger partial charge on any atom is -0.350 e. The Hall–Kier alpha value is -1.84. The molecule has 0 unspecified atom stereocenters. The molecule has 1 atom stereocenters. The van der Waals surface area contributed by atoms with Crippen LogP contribution in [0.5, 0.6) is 0 Å². The van der Waals surface area contributed by atoms with Gasteiger partial charge in [0.15, 0.2) is 0 Å². The molecule has 2 N–H and O–H groups in total. The second kappa shape index (κ2) is 6.36. The Morgan fingerprint density at radius 3 is 2.53 bits per heavy atom. The van der Waals surface area contributed by atoms with Crippen molar-refractivity contribution in [2.24, 2.45) is 5.41 Å². The summed E-state index contributed by atoms with van der Waals surface area (Å²) >= 11 is 0. The van der Waals surface area contributed by atoms with E-state index >= 15 is 0 Å². The van der Waals surface area contributed by atoms with Gasteiger partial charge in [0, 0.05) is 13.3 Å². The minimum absolute atomic E-state index is 0.0167. The van der Waals surface area contributed by atoms with Crippen molar-refractivity contribution in [3.63, 3.8) is 0 Å². The van der Waals surface area contributed by atoms with E-state index in [1.807, 2.05) is 30.3 Å². The molecular weight excluding hydrogens is 240 g/mol. The Bertz CT molecular complexity index is 460. The number of nitrogens with one attached hydrogen (secondary N) is 2. The van der Waals surface area contributed by atoms with E-state index in [1.54, 1.807) is 20.8 Å². The standard InChI is InChI=1S/C15H22N2O2/c1-11(17-14(19)15(2,3)4)13(18)16-10-12-8-6-5-7-9-12/h5-9,11H,10H2,1-4H3,(H,16,18)(H,17,19)/t11-/m0/s1/i2D. The van der Waals surface area contributed by atoms with Crippen LogP contribution in [-0.4, -0.2) is 17.9 Å². The molecule has 0 aliphatic carbocycles. The van der Waals surface area contributed by atoms with Crippen LogP contribution in [0.2, 0.25) is 0 Å². The monoisotopic (exact) mass is 263 g/mol. The zero-order chi connectivity index (χ0) is 15.2. The summed E-state index contributed by atoms with van der Waals surface area (Å²) in [5.41, 5.74) is 0.222. The molecule has 0 heterocycles. The average Bonchev–Trinajstić information content (AvgIpc) is 2.45. The van der Waals surface area contributed by atoms with E-state index in [0.717, 1.165) is 5.56 Å². The topological polar surface area (TPSA) is 58.2 Å². The Morgan fingerprint density at radius 1 is 1.32 bits per heavy atom. The number of benzene rings is 1. The highest BCUT2D eigenvalue weighted by Gasteiger charge is 2.24. The molecule has 104 valence electrons. The van der Waals surface area contributed by atoms with Crippen LogP contribution in [0.3, 0.4) is 0 Å². The summed E-state index contributed by atoms with van der Waals surface area (Å²) in [4.78, 5) is 23.8. The van der Waals surface area contributed by atoms with Gasteiger partial charge in [0.2, 0.25) is 11.8 Å². The van der Waals surface area contributed by atoms with E-state index in [0.29, 0.717) is 6.54 Å². The summed E-state index contributed by atoms with van der Waals surface area (Å²) < 4.78 is 7.32. The summed E-state index contributed by atoms with van der Waals surface area (Å²) in [6, 6.07) is 8.96. The second-order valence-corrected chi connectivity index (χ2v) is 5.28. The fourth-order valence-corrected chi connectivity index (χ4v) is 1.40. The maximum absolute atomic E-state index is 11.9. The van der Waals surface area contributed by atoms with E-state index in [9.17, 15) is 9.59 Å². The van der Waals surface area contributed by atoms with Crippen LogP contribution in [0.4, 0.5) is 0 Å². The third kappa shape index (κ3) is 5.12. The highest BCUT2D eigenvalue weighted by molar-refractivity contribution is 5.89. The van der Waals surface area contributed by atoms with Gasteiger partial charge in [-0.15, -0.1) is 0 Å². The van der Waals surface area contributed by atoms with Crippen molar-refractivity contribution in [1.29, 1.82) is 0 Å². The number of carbonyl (C=O) groups is 2. The summed E-state index contributed by atoms with van der Waals surface area (Å²) in [6.07, 6.45) is 0. The maximum Gasteiger partial charge on any atom is 0.242 e. The van der Waals surface area contributed by atoms with Gasteiger partial charge in [-0.1, -0.05) is 51.1 Å². The first kappa shape index (κ1) is 13.6. The zero-order valence-corrected chi connectivity index (χ0v) is 11.7. The number of hydrogen-bond donors (Lipinski definition) is 2. The van der Waals surface area contributed by atoms with Crippen molar-refractivity contribution < 1.29 is 11.0 Å². The first-order valence-corrected chi connectivity index (χ1v) is 6.28. The van der Waals surface area contributed by atoms with Crippen LogP contribution in [0.25, 0.3) is 0 Å². The summed E-state index contributed by atoms with van der Waals surface area (Å²) in [5, 5.41) is 5.41. The van der Waals surface area contributed by atoms with Crippen molar-refractivity contribution in [2.45, 2.75) is 40.3 Å². The molecule has 1 rings (SSSR count). The smallest absolute Gasteiger partial charge is 0.242 e. The first-order chi connectivity index (χ1) is 9.36. The lowest BCUT2D eigenvalue weighted by molar-refractivity contribution is -0.133. The maximum atomic E-state index is 11.9. The number of carbonyl (C=O) groups excluding carboxylic acids is 2. The third-order valence-electron chi connectivity index (χ3n) is 2.67.